The summed E-state index contributed by atoms with van der Waals surface area (Å²) in [5.41, 5.74) is -0.666. The fourth-order valence-electron chi connectivity index (χ4n) is 1.53. The summed E-state index contributed by atoms with van der Waals surface area (Å²) in [6, 6.07) is 2.55. The summed E-state index contributed by atoms with van der Waals surface area (Å²) in [5, 5.41) is 0. The van der Waals surface area contributed by atoms with Gasteiger partial charge in [0.1, 0.15) is 5.82 Å². The molecule has 0 aliphatic rings. The van der Waals surface area contributed by atoms with Gasteiger partial charge in [0.15, 0.2) is 0 Å². The second-order valence-corrected chi connectivity index (χ2v) is 4.21. The first-order valence-corrected chi connectivity index (χ1v) is 5.31. The molecule has 0 spiro atoms. The van der Waals surface area contributed by atoms with Crippen molar-refractivity contribution in [3.63, 3.8) is 0 Å². The van der Waals surface area contributed by atoms with Crippen LogP contribution in [0.1, 0.15) is 17.5 Å². The number of hydrogen-bond acceptors (Lipinski definition) is 1. The van der Waals surface area contributed by atoms with Crippen molar-refractivity contribution >= 4 is 0 Å². The third-order valence-corrected chi connectivity index (χ3v) is 2.42. The van der Waals surface area contributed by atoms with Crippen LogP contribution in [-0.2, 0) is 12.6 Å². The van der Waals surface area contributed by atoms with Crippen LogP contribution in [0, 0.1) is 5.82 Å². The van der Waals surface area contributed by atoms with Gasteiger partial charge >= 0.3 is 6.18 Å². The van der Waals surface area contributed by atoms with E-state index in [2.05, 4.69) is 0 Å². The number of benzene rings is 1. The van der Waals surface area contributed by atoms with Gasteiger partial charge in [-0.15, -0.1) is 0 Å². The fourth-order valence-corrected chi connectivity index (χ4v) is 1.53. The Morgan fingerprint density at radius 2 is 1.82 bits per heavy atom. The van der Waals surface area contributed by atoms with E-state index in [1.807, 2.05) is 19.0 Å². The Hall–Kier alpha value is -1.10. The lowest BCUT2D eigenvalue weighted by atomic mass is 10.1. The number of alkyl halides is 3. The minimum absolute atomic E-state index is 0.127. The first kappa shape index (κ1) is 14.0. The smallest absolute Gasteiger partial charge is 0.309 e. The molecule has 0 atom stereocenters. The molecule has 0 N–H and O–H groups in total. The normalized spacial score (nSPS) is 12.2. The molecule has 17 heavy (non-hydrogen) atoms. The van der Waals surface area contributed by atoms with Crippen molar-refractivity contribution in [2.45, 2.75) is 19.0 Å². The lowest BCUT2D eigenvalue weighted by Gasteiger charge is -2.11. The number of rotatable bonds is 4. The zero-order valence-electron chi connectivity index (χ0n) is 9.81. The molecular formula is C12H15F4N. The number of halogens is 4. The van der Waals surface area contributed by atoms with Gasteiger partial charge in [0.2, 0.25) is 0 Å². The highest BCUT2D eigenvalue weighted by atomic mass is 19.4. The molecule has 0 fully saturated rings. The number of hydrogen-bond donors (Lipinski definition) is 0. The van der Waals surface area contributed by atoms with Crippen molar-refractivity contribution in [3.05, 3.63) is 35.1 Å². The highest BCUT2D eigenvalue weighted by molar-refractivity contribution is 5.27. The van der Waals surface area contributed by atoms with Gasteiger partial charge < -0.3 is 4.90 Å². The molecule has 0 aliphatic carbocycles. The summed E-state index contributed by atoms with van der Waals surface area (Å²) in [6.07, 6.45) is -3.47. The van der Waals surface area contributed by atoms with Crippen LogP contribution in [0.4, 0.5) is 17.6 Å². The van der Waals surface area contributed by atoms with Crippen molar-refractivity contribution in [2.75, 3.05) is 20.6 Å². The van der Waals surface area contributed by atoms with Crippen molar-refractivity contribution in [2.24, 2.45) is 0 Å². The molecule has 0 bridgehead atoms. The van der Waals surface area contributed by atoms with Crippen molar-refractivity contribution in [1.82, 2.24) is 4.90 Å². The Labute approximate surface area is 98.0 Å². The first-order chi connectivity index (χ1) is 7.80. The van der Waals surface area contributed by atoms with Crippen LogP contribution in [0.3, 0.4) is 0 Å². The molecule has 1 nitrogen and oxygen atoms in total. The van der Waals surface area contributed by atoms with Gasteiger partial charge in [-0.2, -0.15) is 13.2 Å². The predicted molar refractivity (Wildman–Crippen MR) is 58.3 cm³/mol. The Bertz CT molecular complexity index is 371. The van der Waals surface area contributed by atoms with Crippen LogP contribution in [0.15, 0.2) is 18.2 Å². The van der Waals surface area contributed by atoms with Crippen LogP contribution in [0.5, 0.6) is 0 Å². The van der Waals surface area contributed by atoms with Crippen molar-refractivity contribution in [1.29, 1.82) is 0 Å². The molecule has 0 aromatic heterocycles. The molecule has 0 unspecified atom stereocenters. The van der Waals surface area contributed by atoms with Crippen LogP contribution in [-0.4, -0.2) is 25.5 Å². The zero-order chi connectivity index (χ0) is 13.1. The maximum absolute atomic E-state index is 13.3. The molecule has 1 aromatic carbocycles. The SMILES string of the molecule is CN(C)CCCc1cc(C(F)(F)F)ccc1F. The summed E-state index contributed by atoms with van der Waals surface area (Å²) in [7, 11) is 3.73. The van der Waals surface area contributed by atoms with E-state index in [1.54, 1.807) is 0 Å². The monoisotopic (exact) mass is 249 g/mol. The van der Waals surface area contributed by atoms with E-state index < -0.39 is 17.6 Å². The maximum atomic E-state index is 13.3. The Balaban J connectivity index is 2.77. The molecule has 0 saturated carbocycles. The van der Waals surface area contributed by atoms with E-state index in [0.29, 0.717) is 12.8 Å². The minimum Gasteiger partial charge on any atom is -0.309 e. The average Bonchev–Trinajstić information content (AvgIpc) is 2.18. The molecule has 0 aliphatic heterocycles. The summed E-state index contributed by atoms with van der Waals surface area (Å²) < 4.78 is 50.6. The van der Waals surface area contributed by atoms with Gasteiger partial charge in [0.05, 0.1) is 5.56 Å². The fraction of sp³-hybridized carbons (Fsp3) is 0.500. The predicted octanol–water partition coefficient (Wildman–Crippen LogP) is 3.34. The second-order valence-electron chi connectivity index (χ2n) is 4.21. The minimum atomic E-state index is -4.41. The van der Waals surface area contributed by atoms with Crippen LogP contribution < -0.4 is 0 Å². The quantitative estimate of drug-likeness (QED) is 0.740. The lowest BCUT2D eigenvalue weighted by Crippen LogP contribution is -2.14. The Morgan fingerprint density at radius 3 is 2.35 bits per heavy atom. The zero-order valence-corrected chi connectivity index (χ0v) is 9.81. The molecular weight excluding hydrogens is 234 g/mol. The first-order valence-electron chi connectivity index (χ1n) is 5.31. The van der Waals surface area contributed by atoms with Crippen LogP contribution in [0.2, 0.25) is 0 Å². The molecule has 1 rings (SSSR count). The van der Waals surface area contributed by atoms with Crippen molar-refractivity contribution in [3.8, 4) is 0 Å². The van der Waals surface area contributed by atoms with Gasteiger partial charge in [-0.3, -0.25) is 0 Å². The van der Waals surface area contributed by atoms with Gasteiger partial charge in [0, 0.05) is 0 Å². The van der Waals surface area contributed by atoms with E-state index in [4.69, 9.17) is 0 Å². The molecule has 5 heteroatoms. The summed E-state index contributed by atoms with van der Waals surface area (Å²) >= 11 is 0. The highest BCUT2D eigenvalue weighted by Crippen LogP contribution is 2.30. The molecule has 0 heterocycles. The maximum Gasteiger partial charge on any atom is 0.416 e. The summed E-state index contributed by atoms with van der Waals surface area (Å²) in [6.45, 7) is 0.718. The largest absolute Gasteiger partial charge is 0.416 e. The molecule has 0 radical (unpaired) electrons. The van der Waals surface area contributed by atoms with E-state index in [-0.39, 0.29) is 5.56 Å². The van der Waals surface area contributed by atoms with E-state index >= 15 is 0 Å². The van der Waals surface area contributed by atoms with Crippen LogP contribution in [0.25, 0.3) is 0 Å². The van der Waals surface area contributed by atoms with Crippen molar-refractivity contribution < 1.29 is 17.6 Å². The summed E-state index contributed by atoms with van der Waals surface area (Å²) in [5.74, 6) is -0.572. The lowest BCUT2D eigenvalue weighted by molar-refractivity contribution is -0.137. The van der Waals surface area contributed by atoms with Gasteiger partial charge in [0.25, 0.3) is 0 Å². The Kier molecular flexibility index (Phi) is 4.51. The van der Waals surface area contributed by atoms with Crippen LogP contribution >= 0.6 is 0 Å². The van der Waals surface area contributed by atoms with Gasteiger partial charge in [-0.05, 0) is 57.2 Å². The molecule has 1 aromatic rings. The average molecular weight is 249 g/mol. The number of aryl methyl sites for hydroxylation is 1. The Morgan fingerprint density at radius 1 is 1.18 bits per heavy atom. The standard InChI is InChI=1S/C12H15F4N/c1-17(2)7-3-4-9-8-10(12(14,15)16)5-6-11(9)13/h5-6,8H,3-4,7H2,1-2H3. The topological polar surface area (TPSA) is 3.24 Å². The van der Waals surface area contributed by atoms with Gasteiger partial charge in [-0.1, -0.05) is 0 Å². The molecule has 0 saturated heterocycles. The molecule has 96 valence electrons. The van der Waals surface area contributed by atoms with E-state index in [9.17, 15) is 17.6 Å². The third kappa shape index (κ3) is 4.34. The second kappa shape index (κ2) is 5.49. The third-order valence-electron chi connectivity index (χ3n) is 2.42. The highest BCUT2D eigenvalue weighted by Gasteiger charge is 2.30. The number of nitrogens with zero attached hydrogens (tertiary/aromatic N) is 1. The summed E-state index contributed by atoms with van der Waals surface area (Å²) in [4.78, 5) is 1.91. The molecule has 0 amide bonds. The van der Waals surface area contributed by atoms with E-state index in [0.717, 1.165) is 24.7 Å². The van der Waals surface area contributed by atoms with Gasteiger partial charge in [-0.25, -0.2) is 4.39 Å². The van der Waals surface area contributed by atoms with E-state index in [1.165, 1.54) is 0 Å².